The van der Waals surface area contributed by atoms with Gasteiger partial charge in [0.05, 0.1) is 6.61 Å². The van der Waals surface area contributed by atoms with Crippen LogP contribution in [0, 0.1) is 0 Å². The lowest BCUT2D eigenvalue weighted by molar-refractivity contribution is -0.137. The summed E-state index contributed by atoms with van der Waals surface area (Å²) >= 11 is 0. The van der Waals surface area contributed by atoms with Gasteiger partial charge in [-0.15, -0.1) is 0 Å². The number of hydrogen-bond acceptors (Lipinski definition) is 2. The summed E-state index contributed by atoms with van der Waals surface area (Å²) in [6.45, 7) is 9.63. The molecule has 0 saturated heterocycles. The van der Waals surface area contributed by atoms with Gasteiger partial charge in [0.25, 0.3) is 0 Å². The van der Waals surface area contributed by atoms with Crippen molar-refractivity contribution < 1.29 is 9.53 Å². The van der Waals surface area contributed by atoms with Crippen molar-refractivity contribution in [2.75, 3.05) is 6.61 Å². The van der Waals surface area contributed by atoms with Gasteiger partial charge in [-0.3, -0.25) is 0 Å². The van der Waals surface area contributed by atoms with Gasteiger partial charge in [0.15, 0.2) is 0 Å². The van der Waals surface area contributed by atoms with Crippen molar-refractivity contribution in [2.45, 2.75) is 27.2 Å². The Kier molecular flexibility index (Phi) is 13.2. The second-order valence-corrected chi connectivity index (χ2v) is 1.66. The smallest absolute Gasteiger partial charge is 0.330 e. The lowest BCUT2D eigenvalue weighted by atomic mass is 10.6. The van der Waals surface area contributed by atoms with E-state index in [-0.39, 0.29) is 5.97 Å². The Balaban J connectivity index is 0. The fourth-order valence-corrected chi connectivity index (χ4v) is 0.201. The molecule has 2 heteroatoms. The first-order chi connectivity index (χ1) is 4.72. The highest BCUT2D eigenvalue weighted by Gasteiger charge is 1.86. The van der Waals surface area contributed by atoms with Crippen LogP contribution >= 0.6 is 0 Å². The highest BCUT2D eigenvalue weighted by molar-refractivity contribution is 5.81. The molecule has 0 rings (SSSR count). The molecule has 0 bridgehead atoms. The molecule has 0 N–H and O–H groups in total. The van der Waals surface area contributed by atoms with Gasteiger partial charge in [-0.05, 0) is 6.92 Å². The molecule has 60 valence electrons. The fourth-order valence-electron chi connectivity index (χ4n) is 0.201. The molecular weight excluding hydrogens is 128 g/mol. The van der Waals surface area contributed by atoms with Crippen LogP contribution in [0.5, 0.6) is 0 Å². The third kappa shape index (κ3) is 15.7. The Bertz CT molecular complexity index is 87.3. The van der Waals surface area contributed by atoms with E-state index in [1.54, 1.807) is 6.92 Å². The van der Waals surface area contributed by atoms with Gasteiger partial charge in [-0.2, -0.15) is 0 Å². The summed E-state index contributed by atoms with van der Waals surface area (Å²) in [5.74, 6) is -0.359. The molecule has 0 aliphatic heterocycles. The molecule has 2 nitrogen and oxygen atoms in total. The highest BCUT2D eigenvalue weighted by atomic mass is 16.5. The van der Waals surface area contributed by atoms with Crippen molar-refractivity contribution in [1.29, 1.82) is 0 Å². The summed E-state index contributed by atoms with van der Waals surface area (Å²) in [4.78, 5) is 10.1. The van der Waals surface area contributed by atoms with Gasteiger partial charge in [0, 0.05) is 6.08 Å². The third-order valence-electron chi connectivity index (χ3n) is 0.453. The Morgan fingerprint density at radius 2 is 1.90 bits per heavy atom. The fraction of sp³-hybridized carbons (Fsp3) is 0.625. The molecule has 0 amide bonds. The summed E-state index contributed by atoms with van der Waals surface area (Å²) in [5.41, 5.74) is 0. The number of esters is 1. The van der Waals surface area contributed by atoms with Crippen molar-refractivity contribution in [3.63, 3.8) is 0 Å². The predicted molar refractivity (Wildman–Crippen MR) is 42.8 cm³/mol. The number of carbonyl (C=O) groups is 1. The van der Waals surface area contributed by atoms with E-state index in [1.807, 2.05) is 0 Å². The normalized spacial score (nSPS) is 7.10. The molecule has 10 heavy (non-hydrogen) atoms. The van der Waals surface area contributed by atoms with Gasteiger partial charge >= 0.3 is 5.97 Å². The maximum absolute atomic E-state index is 10.1. The van der Waals surface area contributed by atoms with Crippen molar-refractivity contribution in [3.8, 4) is 0 Å². The SMILES string of the molecule is C=CC(=O)OCC.CCC. The van der Waals surface area contributed by atoms with E-state index in [0.717, 1.165) is 6.08 Å². The van der Waals surface area contributed by atoms with Crippen molar-refractivity contribution in [2.24, 2.45) is 0 Å². The van der Waals surface area contributed by atoms with E-state index in [1.165, 1.54) is 6.42 Å². The lowest BCUT2D eigenvalue weighted by Gasteiger charge is -1.90. The molecule has 0 radical (unpaired) electrons. The molecule has 0 heterocycles. The van der Waals surface area contributed by atoms with Crippen LogP contribution in [0.25, 0.3) is 0 Å². The van der Waals surface area contributed by atoms with Crippen molar-refractivity contribution in [3.05, 3.63) is 12.7 Å². The molecular formula is C8H16O2. The Hall–Kier alpha value is -0.790. The minimum atomic E-state index is -0.359. The van der Waals surface area contributed by atoms with Crippen molar-refractivity contribution >= 4 is 5.97 Å². The summed E-state index contributed by atoms with van der Waals surface area (Å²) in [6.07, 6.45) is 2.39. The Labute approximate surface area is 62.9 Å². The average Bonchev–Trinajstić information content (AvgIpc) is 1.90. The van der Waals surface area contributed by atoms with Crippen LogP contribution < -0.4 is 0 Å². The maximum atomic E-state index is 10.1. The van der Waals surface area contributed by atoms with E-state index in [2.05, 4.69) is 25.2 Å². The van der Waals surface area contributed by atoms with Crippen LogP contribution in [-0.2, 0) is 9.53 Å². The highest BCUT2D eigenvalue weighted by Crippen LogP contribution is 1.74. The van der Waals surface area contributed by atoms with Crippen LogP contribution in [0.15, 0.2) is 12.7 Å². The van der Waals surface area contributed by atoms with Crippen LogP contribution in [0.1, 0.15) is 27.2 Å². The summed E-state index contributed by atoms with van der Waals surface area (Å²) in [7, 11) is 0. The predicted octanol–water partition coefficient (Wildman–Crippen LogP) is 2.15. The third-order valence-corrected chi connectivity index (χ3v) is 0.453. The zero-order valence-electron chi connectivity index (χ0n) is 7.02. The van der Waals surface area contributed by atoms with E-state index in [0.29, 0.717) is 6.61 Å². The number of ether oxygens (including phenoxy) is 1. The van der Waals surface area contributed by atoms with Gasteiger partial charge in [0.1, 0.15) is 0 Å². The minimum absolute atomic E-state index is 0.359. The van der Waals surface area contributed by atoms with E-state index in [9.17, 15) is 4.79 Å². The second kappa shape index (κ2) is 11.1. The molecule has 0 aliphatic rings. The second-order valence-electron chi connectivity index (χ2n) is 1.66. The number of hydrogen-bond donors (Lipinski definition) is 0. The first-order valence-electron chi connectivity index (χ1n) is 3.52. The van der Waals surface area contributed by atoms with Crippen LogP contribution in [0.4, 0.5) is 0 Å². The molecule has 0 unspecified atom stereocenters. The maximum Gasteiger partial charge on any atom is 0.330 e. The number of rotatable bonds is 2. The standard InChI is InChI=1S/C5H8O2.C3H8/c1-3-5(6)7-4-2;1-3-2/h3H,1,4H2,2H3;3H2,1-2H3. The monoisotopic (exact) mass is 144 g/mol. The van der Waals surface area contributed by atoms with E-state index < -0.39 is 0 Å². The first-order valence-corrected chi connectivity index (χ1v) is 3.52. The minimum Gasteiger partial charge on any atom is -0.463 e. The summed E-state index contributed by atoms with van der Waals surface area (Å²) < 4.78 is 4.43. The molecule has 0 aromatic rings. The topological polar surface area (TPSA) is 26.3 Å². The molecule has 0 fully saturated rings. The van der Waals surface area contributed by atoms with Crippen LogP contribution in [0.3, 0.4) is 0 Å². The van der Waals surface area contributed by atoms with Crippen LogP contribution in [0.2, 0.25) is 0 Å². The van der Waals surface area contributed by atoms with Crippen molar-refractivity contribution in [1.82, 2.24) is 0 Å². The largest absolute Gasteiger partial charge is 0.463 e. The van der Waals surface area contributed by atoms with Crippen LogP contribution in [-0.4, -0.2) is 12.6 Å². The summed E-state index contributed by atoms with van der Waals surface area (Å²) in [6, 6.07) is 0. The van der Waals surface area contributed by atoms with E-state index in [4.69, 9.17) is 0 Å². The van der Waals surface area contributed by atoms with Gasteiger partial charge in [0.2, 0.25) is 0 Å². The Morgan fingerprint density at radius 1 is 1.50 bits per heavy atom. The first kappa shape index (κ1) is 11.9. The quantitative estimate of drug-likeness (QED) is 0.438. The zero-order chi connectivity index (χ0) is 8.41. The molecule has 0 spiro atoms. The molecule has 0 atom stereocenters. The molecule has 0 saturated carbocycles. The number of carbonyl (C=O) groups excluding carboxylic acids is 1. The lowest BCUT2D eigenvalue weighted by Crippen LogP contribution is -1.97. The zero-order valence-corrected chi connectivity index (χ0v) is 7.02. The molecule has 0 aromatic heterocycles. The Morgan fingerprint density at radius 3 is 2.00 bits per heavy atom. The van der Waals surface area contributed by atoms with Gasteiger partial charge in [-0.25, -0.2) is 4.79 Å². The average molecular weight is 144 g/mol. The van der Waals surface area contributed by atoms with Gasteiger partial charge in [-0.1, -0.05) is 26.8 Å². The van der Waals surface area contributed by atoms with Gasteiger partial charge < -0.3 is 4.74 Å². The molecule has 0 aliphatic carbocycles. The van der Waals surface area contributed by atoms with E-state index >= 15 is 0 Å². The summed E-state index contributed by atoms with van der Waals surface area (Å²) in [5, 5.41) is 0. The molecule has 0 aromatic carbocycles.